The van der Waals surface area contributed by atoms with Gasteiger partial charge in [-0.2, -0.15) is 8.42 Å². The molecule has 0 aliphatic heterocycles. The zero-order chi connectivity index (χ0) is 24.2. The third-order valence-electron chi connectivity index (χ3n) is 5.19. The van der Waals surface area contributed by atoms with Gasteiger partial charge in [-0.05, 0) is 61.4 Å². The molecule has 0 bridgehead atoms. The molecular formula is C28H23NO3S2. The lowest BCUT2D eigenvalue weighted by molar-refractivity contribution is 0.598. The van der Waals surface area contributed by atoms with Crippen molar-refractivity contribution >= 4 is 19.8 Å². The van der Waals surface area contributed by atoms with Gasteiger partial charge in [-0.15, -0.1) is 0 Å². The van der Waals surface area contributed by atoms with E-state index in [1.807, 2.05) is 68.4 Å². The number of benzene rings is 4. The minimum atomic E-state index is -4.19. The summed E-state index contributed by atoms with van der Waals surface area (Å²) in [7, 11) is -7.78. The number of hydrogen-bond acceptors (Lipinski definition) is 3. The fourth-order valence-corrected chi connectivity index (χ4v) is 6.54. The van der Waals surface area contributed by atoms with Crippen molar-refractivity contribution in [2.75, 3.05) is 0 Å². The Hall–Kier alpha value is -3.66. The molecule has 4 aromatic carbocycles. The van der Waals surface area contributed by atoms with E-state index in [4.69, 9.17) is 0 Å². The van der Waals surface area contributed by atoms with Crippen LogP contribution in [0, 0.1) is 25.0 Å². The summed E-state index contributed by atoms with van der Waals surface area (Å²) in [4.78, 5) is 0.231. The van der Waals surface area contributed by atoms with Crippen LogP contribution in [0.1, 0.15) is 16.7 Å². The summed E-state index contributed by atoms with van der Waals surface area (Å²) in [5, 5.41) is 2.68. The van der Waals surface area contributed by atoms with Crippen molar-refractivity contribution in [3.8, 4) is 22.3 Å². The number of sulfonamides is 1. The topological polar surface area (TPSA) is 63.6 Å². The molecule has 0 aliphatic rings. The lowest BCUT2D eigenvalue weighted by atomic mass is 10.0. The molecule has 170 valence electrons. The van der Waals surface area contributed by atoms with E-state index in [1.165, 1.54) is 12.1 Å². The fraction of sp³-hybridized carbons (Fsp3) is 0.0714. The van der Waals surface area contributed by atoms with Crippen LogP contribution in [-0.4, -0.2) is 12.6 Å². The first-order valence-electron chi connectivity index (χ1n) is 10.6. The van der Waals surface area contributed by atoms with Crippen LogP contribution >= 0.6 is 0 Å². The van der Waals surface area contributed by atoms with Gasteiger partial charge in [-0.3, -0.25) is 0 Å². The highest BCUT2D eigenvalue weighted by molar-refractivity contribution is 8.06. The van der Waals surface area contributed by atoms with Crippen LogP contribution in [0.15, 0.2) is 117 Å². The lowest BCUT2D eigenvalue weighted by Crippen LogP contribution is -2.05. The second-order valence-corrected chi connectivity index (χ2v) is 11.6. The first kappa shape index (κ1) is 23.5. The molecule has 0 saturated carbocycles. The Morgan fingerprint density at radius 2 is 1.09 bits per heavy atom. The molecule has 0 amide bonds. The van der Waals surface area contributed by atoms with Crippen molar-refractivity contribution < 1.29 is 12.6 Å². The predicted molar refractivity (Wildman–Crippen MR) is 137 cm³/mol. The molecule has 4 nitrogen and oxygen atoms in total. The Kier molecular flexibility index (Phi) is 6.69. The Balaban J connectivity index is 1.78. The van der Waals surface area contributed by atoms with Gasteiger partial charge in [0.15, 0.2) is 9.73 Å². The molecule has 1 atom stereocenters. The highest BCUT2D eigenvalue weighted by Gasteiger charge is 2.19. The van der Waals surface area contributed by atoms with Gasteiger partial charge in [0.1, 0.15) is 0 Å². The van der Waals surface area contributed by atoms with E-state index >= 15 is 0 Å². The largest absolute Gasteiger partial charge is 0.291 e. The standard InChI is InChI=1S/C28H23NO3S2/c1-22-8-16-27(17-9-22)33(30,29-34(31,32)28-18-10-23(2)11-19-28)21-20-24-12-14-26(15-13-24)25-6-4-3-5-7-25/h3-19H,1-2H3. The van der Waals surface area contributed by atoms with E-state index in [1.54, 1.807) is 36.4 Å². The Labute approximate surface area is 201 Å². The van der Waals surface area contributed by atoms with Gasteiger partial charge >= 0.3 is 0 Å². The average molecular weight is 486 g/mol. The van der Waals surface area contributed by atoms with Crippen molar-refractivity contribution in [1.82, 2.24) is 0 Å². The van der Waals surface area contributed by atoms with E-state index in [0.717, 1.165) is 22.3 Å². The average Bonchev–Trinajstić information content (AvgIpc) is 2.84. The maximum Gasteiger partial charge on any atom is 0.291 e. The van der Waals surface area contributed by atoms with E-state index < -0.39 is 19.8 Å². The van der Waals surface area contributed by atoms with Crippen LogP contribution in [0.2, 0.25) is 0 Å². The first-order chi connectivity index (χ1) is 16.2. The molecule has 4 rings (SSSR count). The summed E-state index contributed by atoms with van der Waals surface area (Å²) < 4.78 is 43.7. The van der Waals surface area contributed by atoms with Gasteiger partial charge in [0.2, 0.25) is 0 Å². The van der Waals surface area contributed by atoms with Gasteiger partial charge in [0.25, 0.3) is 10.0 Å². The SMILES string of the molecule is Cc1ccc(S(=O)(=O)N=S(=O)(C#Cc2ccc(-c3ccccc3)cc2)c2ccc(C)cc2)cc1. The third-order valence-corrected chi connectivity index (χ3v) is 8.97. The zero-order valence-corrected chi connectivity index (χ0v) is 20.4. The molecule has 0 aromatic heterocycles. The quantitative estimate of drug-likeness (QED) is 0.324. The fourth-order valence-electron chi connectivity index (χ4n) is 3.24. The van der Waals surface area contributed by atoms with Gasteiger partial charge in [0.05, 0.1) is 9.79 Å². The summed E-state index contributed by atoms with van der Waals surface area (Å²) >= 11 is 0. The van der Waals surface area contributed by atoms with Crippen LogP contribution in [0.3, 0.4) is 0 Å². The second kappa shape index (κ2) is 9.68. The molecule has 0 spiro atoms. The Morgan fingerprint density at radius 3 is 1.65 bits per heavy atom. The van der Waals surface area contributed by atoms with Gasteiger partial charge in [0, 0.05) is 10.8 Å². The molecule has 0 aliphatic carbocycles. The first-order valence-corrected chi connectivity index (χ1v) is 13.6. The predicted octanol–water partition coefficient (Wildman–Crippen LogP) is 6.20. The smallest absolute Gasteiger partial charge is 0.230 e. The van der Waals surface area contributed by atoms with Crippen LogP contribution in [0.4, 0.5) is 0 Å². The highest BCUT2D eigenvalue weighted by Crippen LogP contribution is 2.22. The summed E-state index contributed by atoms with van der Waals surface area (Å²) in [5.74, 6) is 2.88. The summed E-state index contributed by atoms with van der Waals surface area (Å²) in [6.07, 6.45) is 0. The van der Waals surface area contributed by atoms with Crippen molar-refractivity contribution in [1.29, 1.82) is 0 Å². The van der Waals surface area contributed by atoms with Crippen molar-refractivity contribution in [3.05, 3.63) is 120 Å². The van der Waals surface area contributed by atoms with Crippen molar-refractivity contribution in [3.63, 3.8) is 0 Å². The molecule has 4 aromatic rings. The molecule has 0 radical (unpaired) electrons. The number of aryl methyl sites for hydroxylation is 2. The number of rotatable bonds is 4. The molecule has 0 N–H and O–H groups in total. The normalized spacial score (nSPS) is 12.8. The summed E-state index contributed by atoms with van der Waals surface area (Å²) in [6, 6.07) is 30.4. The van der Waals surface area contributed by atoms with E-state index in [-0.39, 0.29) is 9.79 Å². The second-order valence-electron chi connectivity index (χ2n) is 7.87. The molecule has 6 heteroatoms. The van der Waals surface area contributed by atoms with Crippen LogP contribution in [0.5, 0.6) is 0 Å². The molecule has 0 fully saturated rings. The monoisotopic (exact) mass is 485 g/mol. The van der Waals surface area contributed by atoms with E-state index in [0.29, 0.717) is 5.56 Å². The minimum absolute atomic E-state index is 0.0213. The molecule has 1 unspecified atom stereocenters. The van der Waals surface area contributed by atoms with Crippen molar-refractivity contribution in [2.45, 2.75) is 23.6 Å². The van der Waals surface area contributed by atoms with E-state index in [2.05, 4.69) is 14.9 Å². The zero-order valence-electron chi connectivity index (χ0n) is 18.8. The van der Waals surface area contributed by atoms with Gasteiger partial charge in [-0.1, -0.05) is 87.5 Å². The molecule has 0 heterocycles. The Morgan fingerprint density at radius 1 is 0.588 bits per heavy atom. The molecular weight excluding hydrogens is 462 g/mol. The van der Waals surface area contributed by atoms with Gasteiger partial charge < -0.3 is 0 Å². The summed E-state index contributed by atoms with van der Waals surface area (Å²) in [5.41, 5.74) is 4.58. The molecule has 34 heavy (non-hydrogen) atoms. The highest BCUT2D eigenvalue weighted by atomic mass is 32.3. The van der Waals surface area contributed by atoms with Gasteiger partial charge in [-0.25, -0.2) is 4.21 Å². The number of hydrogen-bond donors (Lipinski definition) is 0. The Bertz CT molecular complexity index is 1590. The maximum atomic E-state index is 13.9. The third kappa shape index (κ3) is 5.45. The maximum absolute atomic E-state index is 13.9. The minimum Gasteiger partial charge on any atom is -0.230 e. The lowest BCUT2D eigenvalue weighted by Gasteiger charge is -2.06. The van der Waals surface area contributed by atoms with Crippen LogP contribution in [0.25, 0.3) is 11.1 Å². The van der Waals surface area contributed by atoms with Crippen LogP contribution < -0.4 is 0 Å². The number of nitrogens with zero attached hydrogens (tertiary/aromatic N) is 1. The van der Waals surface area contributed by atoms with E-state index in [9.17, 15) is 12.6 Å². The summed E-state index contributed by atoms with van der Waals surface area (Å²) in [6.45, 7) is 3.75. The van der Waals surface area contributed by atoms with Crippen molar-refractivity contribution in [2.24, 2.45) is 3.77 Å². The molecule has 0 saturated heterocycles. The van der Waals surface area contributed by atoms with Crippen LogP contribution in [-0.2, 0) is 19.8 Å².